The second-order valence-electron chi connectivity index (χ2n) is 4.87. The van der Waals surface area contributed by atoms with Gasteiger partial charge in [0.2, 0.25) is 0 Å². The Morgan fingerprint density at radius 3 is 2.70 bits per heavy atom. The first-order valence-corrected chi connectivity index (χ1v) is 7.00. The number of hydrogen-bond donors (Lipinski definition) is 1. The minimum absolute atomic E-state index is 0.335. The summed E-state index contributed by atoms with van der Waals surface area (Å²) < 4.78 is 10.4. The zero-order valence-corrected chi connectivity index (χ0v) is 12.1. The van der Waals surface area contributed by atoms with Crippen LogP contribution in [0.4, 0.5) is 11.4 Å². The average molecular weight is 278 g/mol. The molecule has 20 heavy (non-hydrogen) atoms. The van der Waals surface area contributed by atoms with E-state index in [2.05, 4.69) is 4.90 Å². The Kier molecular flexibility index (Phi) is 4.84. The summed E-state index contributed by atoms with van der Waals surface area (Å²) in [6.45, 7) is 4.55. The van der Waals surface area contributed by atoms with Crippen LogP contribution in [0.25, 0.3) is 0 Å². The van der Waals surface area contributed by atoms with E-state index in [-0.39, 0.29) is 0 Å². The molecule has 0 atom stereocenters. The average Bonchev–Trinajstić information content (AvgIpc) is 2.48. The van der Waals surface area contributed by atoms with Crippen LogP contribution in [0.1, 0.15) is 30.1 Å². The van der Waals surface area contributed by atoms with Crippen molar-refractivity contribution in [3.05, 3.63) is 23.8 Å². The van der Waals surface area contributed by atoms with Gasteiger partial charge in [-0.25, -0.2) is 4.79 Å². The molecule has 110 valence electrons. The fourth-order valence-corrected chi connectivity index (χ4v) is 2.62. The predicted molar refractivity (Wildman–Crippen MR) is 79.1 cm³/mol. The van der Waals surface area contributed by atoms with E-state index in [1.165, 1.54) is 7.11 Å². The van der Waals surface area contributed by atoms with Gasteiger partial charge in [-0.05, 0) is 31.9 Å². The Hall–Kier alpha value is -1.75. The van der Waals surface area contributed by atoms with Crippen LogP contribution < -0.4 is 10.6 Å². The third-order valence-electron chi connectivity index (χ3n) is 3.67. The third-order valence-corrected chi connectivity index (χ3v) is 3.67. The second-order valence-corrected chi connectivity index (χ2v) is 4.87. The lowest BCUT2D eigenvalue weighted by atomic mass is 10.0. The molecule has 0 spiro atoms. The van der Waals surface area contributed by atoms with Gasteiger partial charge in [0.15, 0.2) is 0 Å². The molecule has 0 saturated carbocycles. The van der Waals surface area contributed by atoms with E-state index in [9.17, 15) is 4.79 Å². The highest BCUT2D eigenvalue weighted by Crippen LogP contribution is 2.30. The summed E-state index contributed by atoms with van der Waals surface area (Å²) in [4.78, 5) is 13.9. The highest BCUT2D eigenvalue weighted by molar-refractivity contribution is 5.98. The number of carbonyl (C=O) groups excluding carboxylic acids is 1. The Morgan fingerprint density at radius 2 is 2.10 bits per heavy atom. The van der Waals surface area contributed by atoms with Crippen molar-refractivity contribution >= 4 is 17.3 Å². The largest absolute Gasteiger partial charge is 0.465 e. The lowest BCUT2D eigenvalue weighted by molar-refractivity contribution is 0.0459. The van der Waals surface area contributed by atoms with Crippen molar-refractivity contribution in [3.63, 3.8) is 0 Å². The summed E-state index contributed by atoms with van der Waals surface area (Å²) >= 11 is 0. The fourth-order valence-electron chi connectivity index (χ4n) is 2.62. The number of piperidine rings is 1. The number of ether oxygens (including phenoxy) is 2. The second kappa shape index (κ2) is 6.61. The summed E-state index contributed by atoms with van der Waals surface area (Å²) in [5, 5.41) is 0. The van der Waals surface area contributed by atoms with Gasteiger partial charge in [0.05, 0.1) is 30.2 Å². The van der Waals surface area contributed by atoms with Crippen molar-refractivity contribution in [1.29, 1.82) is 0 Å². The molecule has 2 N–H and O–H groups in total. The maximum Gasteiger partial charge on any atom is 0.340 e. The summed E-state index contributed by atoms with van der Waals surface area (Å²) in [5.74, 6) is -0.395. The predicted octanol–water partition coefficient (Wildman–Crippen LogP) is 2.06. The molecule has 0 bridgehead atoms. The standard InChI is InChI=1S/C15H22N2O3/c1-3-20-11-7-9-17(10-8-11)13-6-4-5-12(14(13)16)15(18)19-2/h4-6,11H,3,7-10,16H2,1-2H3. The van der Waals surface area contributed by atoms with Crippen LogP contribution in [-0.2, 0) is 9.47 Å². The lowest BCUT2D eigenvalue weighted by Gasteiger charge is -2.34. The van der Waals surface area contributed by atoms with E-state index in [4.69, 9.17) is 15.2 Å². The first kappa shape index (κ1) is 14.7. The maximum atomic E-state index is 11.7. The topological polar surface area (TPSA) is 64.8 Å². The van der Waals surface area contributed by atoms with Crippen LogP contribution in [0.2, 0.25) is 0 Å². The van der Waals surface area contributed by atoms with Crippen molar-refractivity contribution < 1.29 is 14.3 Å². The normalized spacial score (nSPS) is 16.2. The van der Waals surface area contributed by atoms with Crippen LogP contribution in [-0.4, -0.2) is 38.9 Å². The molecule has 1 aromatic rings. The summed E-state index contributed by atoms with van der Waals surface area (Å²) in [6, 6.07) is 5.48. The first-order chi connectivity index (χ1) is 9.67. The zero-order chi connectivity index (χ0) is 14.5. The molecule has 1 aliphatic heterocycles. The number of benzene rings is 1. The van der Waals surface area contributed by atoms with Gasteiger partial charge in [0.1, 0.15) is 0 Å². The highest BCUT2D eigenvalue weighted by atomic mass is 16.5. The number of anilines is 2. The zero-order valence-electron chi connectivity index (χ0n) is 12.1. The van der Waals surface area contributed by atoms with Gasteiger partial charge >= 0.3 is 5.97 Å². The van der Waals surface area contributed by atoms with Crippen LogP contribution in [0.3, 0.4) is 0 Å². The molecule has 0 radical (unpaired) electrons. The molecule has 0 amide bonds. The molecule has 1 aliphatic rings. The van der Waals surface area contributed by atoms with Gasteiger partial charge in [-0.2, -0.15) is 0 Å². The Bertz CT molecular complexity index is 468. The minimum Gasteiger partial charge on any atom is -0.465 e. The fraction of sp³-hybridized carbons (Fsp3) is 0.533. The monoisotopic (exact) mass is 278 g/mol. The SMILES string of the molecule is CCOC1CCN(c2cccc(C(=O)OC)c2N)CC1. The van der Waals surface area contributed by atoms with Gasteiger partial charge in [0.25, 0.3) is 0 Å². The van der Waals surface area contributed by atoms with Crippen molar-refractivity contribution in [2.45, 2.75) is 25.9 Å². The number of hydrogen-bond acceptors (Lipinski definition) is 5. The maximum absolute atomic E-state index is 11.7. The number of methoxy groups -OCH3 is 1. The van der Waals surface area contributed by atoms with E-state index in [0.717, 1.165) is 38.2 Å². The van der Waals surface area contributed by atoms with Crippen molar-refractivity contribution in [2.24, 2.45) is 0 Å². The number of nitrogens with zero attached hydrogens (tertiary/aromatic N) is 1. The number of nitrogens with two attached hydrogens (primary N) is 1. The molecule has 1 saturated heterocycles. The molecule has 0 unspecified atom stereocenters. The summed E-state index contributed by atoms with van der Waals surface area (Å²) in [6.07, 6.45) is 2.30. The molecule has 0 aliphatic carbocycles. The highest BCUT2D eigenvalue weighted by Gasteiger charge is 2.22. The molecule has 1 fully saturated rings. The number of nitrogen functional groups attached to an aromatic ring is 1. The van der Waals surface area contributed by atoms with Crippen molar-refractivity contribution in [1.82, 2.24) is 0 Å². The third kappa shape index (κ3) is 3.04. The Balaban J connectivity index is 2.12. The lowest BCUT2D eigenvalue weighted by Crippen LogP contribution is -2.37. The molecular weight excluding hydrogens is 256 g/mol. The van der Waals surface area contributed by atoms with Gasteiger partial charge in [-0.15, -0.1) is 0 Å². The van der Waals surface area contributed by atoms with Crippen molar-refractivity contribution in [2.75, 3.05) is 37.4 Å². The Morgan fingerprint density at radius 1 is 1.40 bits per heavy atom. The smallest absolute Gasteiger partial charge is 0.340 e. The number of carbonyl (C=O) groups is 1. The van der Waals surface area contributed by atoms with E-state index in [0.29, 0.717) is 17.4 Å². The molecule has 5 heteroatoms. The van der Waals surface area contributed by atoms with E-state index in [1.54, 1.807) is 6.07 Å². The van der Waals surface area contributed by atoms with Crippen molar-refractivity contribution in [3.8, 4) is 0 Å². The van der Waals surface area contributed by atoms with E-state index < -0.39 is 5.97 Å². The molecule has 5 nitrogen and oxygen atoms in total. The molecule has 1 heterocycles. The van der Waals surface area contributed by atoms with Gasteiger partial charge in [0, 0.05) is 19.7 Å². The van der Waals surface area contributed by atoms with Crippen LogP contribution in [0.5, 0.6) is 0 Å². The Labute approximate surface area is 119 Å². The number of esters is 1. The van der Waals surface area contributed by atoms with Crippen LogP contribution in [0, 0.1) is 0 Å². The van der Waals surface area contributed by atoms with E-state index in [1.807, 2.05) is 19.1 Å². The summed E-state index contributed by atoms with van der Waals surface area (Å²) in [7, 11) is 1.36. The number of para-hydroxylation sites is 1. The minimum atomic E-state index is -0.395. The quantitative estimate of drug-likeness (QED) is 0.674. The van der Waals surface area contributed by atoms with Crippen LogP contribution in [0.15, 0.2) is 18.2 Å². The van der Waals surface area contributed by atoms with E-state index >= 15 is 0 Å². The number of rotatable bonds is 4. The summed E-state index contributed by atoms with van der Waals surface area (Å²) in [5.41, 5.74) is 7.94. The van der Waals surface area contributed by atoms with Gasteiger partial charge < -0.3 is 20.1 Å². The molecule has 2 rings (SSSR count). The van der Waals surface area contributed by atoms with Crippen LogP contribution >= 0.6 is 0 Å². The molecule has 1 aromatic carbocycles. The first-order valence-electron chi connectivity index (χ1n) is 7.00. The van der Waals surface area contributed by atoms with Gasteiger partial charge in [-0.3, -0.25) is 0 Å². The van der Waals surface area contributed by atoms with Gasteiger partial charge in [-0.1, -0.05) is 6.07 Å². The molecular formula is C15H22N2O3. The molecule has 0 aromatic heterocycles.